The first-order chi connectivity index (χ1) is 20.9. The van der Waals surface area contributed by atoms with Gasteiger partial charge in [0.25, 0.3) is 5.56 Å². The standard InChI is InChI=1S/C32H26IN3O5S2/c1-4-40-31(38)26-27(20-8-6-5-7-9-20)35-32-36(28(26)21-10-12-22(42-3)13-11-21)30(37)25(43-32)18-19-16-23(33)29(41-15-14-34)24(17-19)39-2/h5-13,16-18,28H,4,15H2,1-3H3/b25-18-/t28-/m0/s1. The normalized spacial score (nSPS) is 14.5. The zero-order chi connectivity index (χ0) is 30.5. The molecule has 1 aromatic heterocycles. The molecule has 0 amide bonds. The van der Waals surface area contributed by atoms with Crippen molar-refractivity contribution in [1.82, 2.24) is 4.57 Å². The van der Waals surface area contributed by atoms with Crippen molar-refractivity contribution in [2.24, 2.45) is 4.99 Å². The molecule has 0 saturated heterocycles. The molecular formula is C32H26IN3O5S2. The molecule has 2 heterocycles. The van der Waals surface area contributed by atoms with Gasteiger partial charge < -0.3 is 14.2 Å². The van der Waals surface area contributed by atoms with Crippen LogP contribution < -0.4 is 24.4 Å². The van der Waals surface area contributed by atoms with Crippen molar-refractivity contribution in [2.75, 3.05) is 26.6 Å². The van der Waals surface area contributed by atoms with Crippen molar-refractivity contribution >= 4 is 63.4 Å². The van der Waals surface area contributed by atoms with E-state index in [1.807, 2.05) is 73.0 Å². The van der Waals surface area contributed by atoms with E-state index in [0.717, 1.165) is 19.6 Å². The third-order valence-corrected chi connectivity index (χ3v) is 9.16. The Labute approximate surface area is 270 Å². The van der Waals surface area contributed by atoms with Crippen LogP contribution in [0.25, 0.3) is 11.8 Å². The van der Waals surface area contributed by atoms with E-state index in [2.05, 4.69) is 22.6 Å². The first-order valence-electron chi connectivity index (χ1n) is 13.2. The summed E-state index contributed by atoms with van der Waals surface area (Å²) in [4.78, 5) is 34.2. The van der Waals surface area contributed by atoms with E-state index < -0.39 is 12.0 Å². The molecule has 8 nitrogen and oxygen atoms in total. The molecule has 0 unspecified atom stereocenters. The number of benzene rings is 3. The molecule has 1 aliphatic heterocycles. The third-order valence-electron chi connectivity index (χ3n) is 6.64. The summed E-state index contributed by atoms with van der Waals surface area (Å²) in [5.74, 6) is 0.387. The maximum absolute atomic E-state index is 14.2. The van der Waals surface area contributed by atoms with Gasteiger partial charge in [-0.2, -0.15) is 5.26 Å². The molecule has 3 aromatic carbocycles. The number of carbonyl (C=O) groups is 1. The van der Waals surface area contributed by atoms with E-state index in [1.165, 1.54) is 18.4 Å². The van der Waals surface area contributed by atoms with Crippen LogP contribution in [0.5, 0.6) is 11.5 Å². The molecule has 0 fully saturated rings. The Morgan fingerprint density at radius 2 is 1.93 bits per heavy atom. The number of hydrogen-bond donors (Lipinski definition) is 0. The molecule has 43 heavy (non-hydrogen) atoms. The van der Waals surface area contributed by atoms with Crippen molar-refractivity contribution in [3.8, 4) is 17.6 Å². The highest BCUT2D eigenvalue weighted by molar-refractivity contribution is 14.1. The van der Waals surface area contributed by atoms with Gasteiger partial charge >= 0.3 is 5.97 Å². The molecule has 218 valence electrons. The number of methoxy groups -OCH3 is 1. The fourth-order valence-corrected chi connectivity index (χ4v) is 6.95. The van der Waals surface area contributed by atoms with Crippen molar-refractivity contribution in [3.05, 3.63) is 112 Å². The fraction of sp³-hybridized carbons (Fsp3) is 0.188. The summed E-state index contributed by atoms with van der Waals surface area (Å²) >= 11 is 4.97. The maximum atomic E-state index is 14.2. The SMILES string of the molecule is CCOC(=O)C1=C(c2ccccc2)N=c2s/c(=C\c3cc(I)c(OCC#N)c(OC)c3)c(=O)n2[C@H]1c1ccc(SC)cc1. The second kappa shape index (κ2) is 13.6. The van der Waals surface area contributed by atoms with Crippen LogP contribution in [0.4, 0.5) is 0 Å². The number of ether oxygens (including phenoxy) is 3. The van der Waals surface area contributed by atoms with Crippen LogP contribution in [0.15, 0.2) is 87.0 Å². The quantitative estimate of drug-likeness (QED) is 0.133. The number of nitrogens with zero attached hydrogens (tertiary/aromatic N) is 3. The number of rotatable bonds is 9. The van der Waals surface area contributed by atoms with E-state index in [1.54, 1.807) is 35.4 Å². The number of hydrogen-bond acceptors (Lipinski definition) is 9. The lowest BCUT2D eigenvalue weighted by atomic mass is 9.93. The van der Waals surface area contributed by atoms with Crippen LogP contribution in [0.3, 0.4) is 0 Å². The largest absolute Gasteiger partial charge is 0.493 e. The molecule has 0 N–H and O–H groups in total. The highest BCUT2D eigenvalue weighted by atomic mass is 127. The lowest BCUT2D eigenvalue weighted by molar-refractivity contribution is -0.138. The Morgan fingerprint density at radius 1 is 1.19 bits per heavy atom. The van der Waals surface area contributed by atoms with Crippen LogP contribution in [0.2, 0.25) is 0 Å². The summed E-state index contributed by atoms with van der Waals surface area (Å²) in [6.45, 7) is 1.82. The van der Waals surface area contributed by atoms with Crippen LogP contribution in [0, 0.1) is 14.9 Å². The minimum atomic E-state index is -0.750. The van der Waals surface area contributed by atoms with Gasteiger partial charge in [0.2, 0.25) is 0 Å². The summed E-state index contributed by atoms with van der Waals surface area (Å²) in [6.07, 6.45) is 3.76. The summed E-state index contributed by atoms with van der Waals surface area (Å²) in [7, 11) is 1.52. The monoisotopic (exact) mass is 723 g/mol. The minimum absolute atomic E-state index is 0.116. The van der Waals surface area contributed by atoms with Gasteiger partial charge in [0.05, 0.1) is 39.1 Å². The molecular weight excluding hydrogens is 697 g/mol. The second-order valence-corrected chi connectivity index (χ2v) is 12.2. The Bertz CT molecular complexity index is 1930. The van der Waals surface area contributed by atoms with Gasteiger partial charge in [0.15, 0.2) is 22.9 Å². The number of aromatic nitrogens is 1. The van der Waals surface area contributed by atoms with Gasteiger partial charge in [-0.15, -0.1) is 11.8 Å². The van der Waals surface area contributed by atoms with Gasteiger partial charge in [-0.1, -0.05) is 53.8 Å². The predicted molar refractivity (Wildman–Crippen MR) is 176 cm³/mol. The Kier molecular flexibility index (Phi) is 9.69. The van der Waals surface area contributed by atoms with E-state index in [0.29, 0.717) is 37.7 Å². The van der Waals surface area contributed by atoms with Crippen molar-refractivity contribution in [2.45, 2.75) is 17.9 Å². The molecule has 0 radical (unpaired) electrons. The van der Waals surface area contributed by atoms with E-state index >= 15 is 0 Å². The average Bonchev–Trinajstić information content (AvgIpc) is 3.34. The maximum Gasteiger partial charge on any atom is 0.338 e. The molecule has 0 aliphatic carbocycles. The zero-order valence-electron chi connectivity index (χ0n) is 23.5. The van der Waals surface area contributed by atoms with E-state index in [9.17, 15) is 9.59 Å². The predicted octanol–water partition coefficient (Wildman–Crippen LogP) is 5.17. The summed E-state index contributed by atoms with van der Waals surface area (Å²) in [6, 6.07) is 22.1. The lowest BCUT2D eigenvalue weighted by Gasteiger charge is -2.26. The van der Waals surface area contributed by atoms with Crippen LogP contribution in [-0.4, -0.2) is 37.1 Å². The first kappa shape index (κ1) is 30.6. The average molecular weight is 724 g/mol. The lowest BCUT2D eigenvalue weighted by Crippen LogP contribution is -2.40. The molecule has 1 aliphatic rings. The smallest absolute Gasteiger partial charge is 0.338 e. The van der Waals surface area contributed by atoms with Gasteiger partial charge in [0.1, 0.15) is 6.07 Å². The fourth-order valence-electron chi connectivity index (χ4n) is 4.76. The van der Waals surface area contributed by atoms with Gasteiger partial charge in [0, 0.05) is 10.5 Å². The summed E-state index contributed by atoms with van der Waals surface area (Å²) < 4.78 is 19.4. The number of halogens is 1. The topological polar surface area (TPSA) is 103 Å². The van der Waals surface area contributed by atoms with Crippen LogP contribution in [-0.2, 0) is 9.53 Å². The first-order valence-corrected chi connectivity index (χ1v) is 16.3. The number of fused-ring (bicyclic) bond motifs is 1. The van der Waals surface area contributed by atoms with Gasteiger partial charge in [-0.05, 0) is 77.2 Å². The number of thioether (sulfide) groups is 1. The Balaban J connectivity index is 1.77. The Hall–Kier alpha value is -3.86. The minimum Gasteiger partial charge on any atom is -0.493 e. The van der Waals surface area contributed by atoms with E-state index in [-0.39, 0.29) is 18.8 Å². The second-order valence-electron chi connectivity index (χ2n) is 9.19. The molecule has 0 saturated carbocycles. The van der Waals surface area contributed by atoms with Crippen molar-refractivity contribution in [3.63, 3.8) is 0 Å². The van der Waals surface area contributed by atoms with Gasteiger partial charge in [-0.25, -0.2) is 9.79 Å². The summed E-state index contributed by atoms with van der Waals surface area (Å²) in [5, 5.41) is 8.94. The van der Waals surface area contributed by atoms with Crippen LogP contribution in [0.1, 0.15) is 29.7 Å². The molecule has 11 heteroatoms. The van der Waals surface area contributed by atoms with Crippen LogP contribution >= 0.6 is 45.7 Å². The Morgan fingerprint density at radius 3 is 2.58 bits per heavy atom. The number of esters is 1. The molecule has 0 spiro atoms. The molecule has 1 atom stereocenters. The number of thiazole rings is 1. The van der Waals surface area contributed by atoms with Crippen molar-refractivity contribution < 1.29 is 19.0 Å². The number of nitriles is 1. The van der Waals surface area contributed by atoms with Crippen molar-refractivity contribution in [1.29, 1.82) is 5.26 Å². The molecule has 5 rings (SSSR count). The molecule has 4 aromatic rings. The summed E-state index contributed by atoms with van der Waals surface area (Å²) in [5.41, 5.74) is 2.73. The number of carbonyl (C=O) groups excluding carboxylic acids is 1. The third kappa shape index (κ3) is 6.27. The zero-order valence-corrected chi connectivity index (χ0v) is 27.3. The highest BCUT2D eigenvalue weighted by Gasteiger charge is 2.35. The molecule has 0 bridgehead atoms. The highest BCUT2D eigenvalue weighted by Crippen LogP contribution is 2.36. The van der Waals surface area contributed by atoms with E-state index in [4.69, 9.17) is 24.5 Å². The van der Waals surface area contributed by atoms with Gasteiger partial charge in [-0.3, -0.25) is 9.36 Å².